The molecule has 0 saturated carbocycles. The van der Waals surface area contributed by atoms with E-state index in [1.807, 2.05) is 30.3 Å². The van der Waals surface area contributed by atoms with E-state index in [0.717, 1.165) is 52.8 Å². The van der Waals surface area contributed by atoms with Crippen LogP contribution >= 0.6 is 0 Å². The number of nitrogens with zero attached hydrogens (tertiary/aromatic N) is 5. The van der Waals surface area contributed by atoms with Gasteiger partial charge in [0.1, 0.15) is 5.82 Å². The van der Waals surface area contributed by atoms with Gasteiger partial charge in [-0.1, -0.05) is 61.9 Å². The number of esters is 1. The average molecular weight is 467 g/mol. The number of tetrazole rings is 1. The predicted molar refractivity (Wildman–Crippen MR) is 134 cm³/mol. The van der Waals surface area contributed by atoms with Gasteiger partial charge in [-0.05, 0) is 46.5 Å². The fraction of sp³-hybridized carbons (Fsp3) is 0.222. The van der Waals surface area contributed by atoms with Gasteiger partial charge in [-0.15, -0.1) is 10.2 Å². The SMILES string of the molecule is CCCCc1nc2cc(C(=O)OC)ccc2n1Cc1ccc(-c2ccccc2-c2nn[nH]n2)cc1. The first-order valence-electron chi connectivity index (χ1n) is 11.7. The van der Waals surface area contributed by atoms with E-state index in [1.165, 1.54) is 12.7 Å². The van der Waals surface area contributed by atoms with E-state index in [9.17, 15) is 4.79 Å². The van der Waals surface area contributed by atoms with E-state index in [4.69, 9.17) is 9.72 Å². The van der Waals surface area contributed by atoms with Crippen LogP contribution in [-0.4, -0.2) is 43.3 Å². The molecular formula is C27H26N6O2. The smallest absolute Gasteiger partial charge is 0.337 e. The quantitative estimate of drug-likeness (QED) is 0.321. The second-order valence-corrected chi connectivity index (χ2v) is 8.39. The van der Waals surface area contributed by atoms with Crippen LogP contribution in [0.1, 0.15) is 41.5 Å². The van der Waals surface area contributed by atoms with Crippen LogP contribution in [-0.2, 0) is 17.7 Å². The first-order valence-corrected chi connectivity index (χ1v) is 11.7. The number of fused-ring (bicyclic) bond motifs is 1. The molecule has 5 aromatic rings. The highest BCUT2D eigenvalue weighted by atomic mass is 16.5. The summed E-state index contributed by atoms with van der Waals surface area (Å²) in [6, 6.07) is 22.1. The minimum Gasteiger partial charge on any atom is -0.465 e. The monoisotopic (exact) mass is 466 g/mol. The summed E-state index contributed by atoms with van der Waals surface area (Å²) in [7, 11) is 1.39. The fourth-order valence-corrected chi connectivity index (χ4v) is 4.30. The van der Waals surface area contributed by atoms with Gasteiger partial charge >= 0.3 is 5.97 Å². The maximum Gasteiger partial charge on any atom is 0.337 e. The van der Waals surface area contributed by atoms with Crippen molar-refractivity contribution in [3.63, 3.8) is 0 Å². The summed E-state index contributed by atoms with van der Waals surface area (Å²) in [5.74, 6) is 1.24. The number of rotatable bonds is 8. The molecule has 2 heterocycles. The first-order chi connectivity index (χ1) is 17.2. The number of hydrogen-bond donors (Lipinski definition) is 1. The Balaban J connectivity index is 1.47. The topological polar surface area (TPSA) is 98.6 Å². The summed E-state index contributed by atoms with van der Waals surface area (Å²) in [5, 5.41) is 14.5. The van der Waals surface area contributed by atoms with Gasteiger partial charge in [-0.25, -0.2) is 9.78 Å². The minimum absolute atomic E-state index is 0.353. The molecule has 5 rings (SSSR count). The predicted octanol–water partition coefficient (Wildman–Crippen LogP) is 5.06. The number of aryl methyl sites for hydroxylation is 1. The van der Waals surface area contributed by atoms with Gasteiger partial charge in [0.2, 0.25) is 5.82 Å². The molecule has 3 aromatic carbocycles. The second kappa shape index (κ2) is 9.89. The zero-order valence-electron chi connectivity index (χ0n) is 19.7. The molecule has 176 valence electrons. The molecular weight excluding hydrogens is 440 g/mol. The van der Waals surface area contributed by atoms with Crippen LogP contribution in [0.4, 0.5) is 0 Å². The number of ether oxygens (including phenoxy) is 1. The van der Waals surface area contributed by atoms with Crippen LogP contribution in [0.25, 0.3) is 33.5 Å². The van der Waals surface area contributed by atoms with Crippen molar-refractivity contribution < 1.29 is 9.53 Å². The Morgan fingerprint density at radius 3 is 2.54 bits per heavy atom. The normalized spacial score (nSPS) is 11.1. The Labute approximate surface area is 203 Å². The van der Waals surface area contributed by atoms with Crippen molar-refractivity contribution >= 4 is 17.0 Å². The van der Waals surface area contributed by atoms with Gasteiger partial charge in [-0.2, -0.15) is 5.21 Å². The Kier molecular flexibility index (Phi) is 6.34. The van der Waals surface area contributed by atoms with Crippen LogP contribution in [0.2, 0.25) is 0 Å². The third-order valence-electron chi connectivity index (χ3n) is 6.12. The molecule has 0 aliphatic rings. The van der Waals surface area contributed by atoms with Crippen LogP contribution in [0.15, 0.2) is 66.7 Å². The molecule has 0 aliphatic heterocycles. The standard InChI is InChI=1S/C27H26N6O2/c1-3-4-9-25-28-23-16-20(27(34)35-2)14-15-24(23)33(25)17-18-10-12-19(13-11-18)21-7-5-6-8-22(21)26-29-31-32-30-26/h5-8,10-16H,3-4,9,17H2,1-2H3,(H,29,30,31,32). The molecule has 0 aliphatic carbocycles. The summed E-state index contributed by atoms with van der Waals surface area (Å²) in [6.07, 6.45) is 3.03. The molecule has 0 spiro atoms. The number of imidazole rings is 1. The zero-order chi connectivity index (χ0) is 24.2. The number of hydrogen-bond acceptors (Lipinski definition) is 6. The summed E-state index contributed by atoms with van der Waals surface area (Å²) < 4.78 is 7.12. The highest BCUT2D eigenvalue weighted by Crippen LogP contribution is 2.30. The highest BCUT2D eigenvalue weighted by molar-refractivity contribution is 5.93. The third-order valence-corrected chi connectivity index (χ3v) is 6.12. The first kappa shape index (κ1) is 22.5. The van der Waals surface area contributed by atoms with Crippen molar-refractivity contribution in [1.29, 1.82) is 0 Å². The Hall–Kier alpha value is -4.33. The molecule has 0 atom stereocenters. The van der Waals surface area contributed by atoms with Gasteiger partial charge in [0, 0.05) is 18.5 Å². The van der Waals surface area contributed by atoms with Gasteiger partial charge in [0.05, 0.1) is 23.7 Å². The fourth-order valence-electron chi connectivity index (χ4n) is 4.30. The Morgan fingerprint density at radius 1 is 1.03 bits per heavy atom. The summed E-state index contributed by atoms with van der Waals surface area (Å²) in [5.41, 5.74) is 6.56. The molecule has 0 bridgehead atoms. The largest absolute Gasteiger partial charge is 0.465 e. The van der Waals surface area contributed by atoms with E-state index < -0.39 is 0 Å². The number of carbonyl (C=O) groups is 1. The number of unbranched alkanes of at least 4 members (excludes halogenated alkanes) is 1. The lowest BCUT2D eigenvalue weighted by molar-refractivity contribution is 0.0601. The van der Waals surface area contributed by atoms with E-state index >= 15 is 0 Å². The van der Waals surface area contributed by atoms with E-state index in [2.05, 4.69) is 62.4 Å². The van der Waals surface area contributed by atoms with Crippen LogP contribution in [0.3, 0.4) is 0 Å². The van der Waals surface area contributed by atoms with E-state index in [1.54, 1.807) is 6.07 Å². The molecule has 8 heteroatoms. The second-order valence-electron chi connectivity index (χ2n) is 8.39. The number of methoxy groups -OCH3 is 1. The van der Waals surface area contributed by atoms with E-state index in [0.29, 0.717) is 17.9 Å². The average Bonchev–Trinajstić information content (AvgIpc) is 3.56. The van der Waals surface area contributed by atoms with Crippen molar-refractivity contribution in [2.24, 2.45) is 0 Å². The maximum absolute atomic E-state index is 12.0. The lowest BCUT2D eigenvalue weighted by atomic mass is 9.98. The van der Waals surface area contributed by atoms with Crippen LogP contribution in [0, 0.1) is 0 Å². The zero-order valence-corrected chi connectivity index (χ0v) is 19.7. The minimum atomic E-state index is -0.353. The molecule has 8 nitrogen and oxygen atoms in total. The number of nitrogens with one attached hydrogen (secondary N) is 1. The summed E-state index contributed by atoms with van der Waals surface area (Å²) >= 11 is 0. The number of carbonyl (C=O) groups excluding carboxylic acids is 1. The molecule has 0 unspecified atom stereocenters. The number of benzene rings is 3. The molecule has 1 N–H and O–H groups in total. The number of aromatic amines is 1. The molecule has 0 saturated heterocycles. The molecule has 2 aromatic heterocycles. The Bertz CT molecular complexity index is 1460. The Morgan fingerprint density at radius 2 is 1.83 bits per heavy atom. The van der Waals surface area contributed by atoms with Crippen molar-refractivity contribution in [2.45, 2.75) is 32.7 Å². The highest BCUT2D eigenvalue weighted by Gasteiger charge is 2.15. The molecule has 0 amide bonds. The lowest BCUT2D eigenvalue weighted by Gasteiger charge is -2.11. The van der Waals surface area contributed by atoms with Gasteiger partial charge in [-0.3, -0.25) is 0 Å². The van der Waals surface area contributed by atoms with Gasteiger partial charge < -0.3 is 9.30 Å². The van der Waals surface area contributed by atoms with Crippen molar-refractivity contribution in [3.8, 4) is 22.5 Å². The lowest BCUT2D eigenvalue weighted by Crippen LogP contribution is -2.05. The molecule has 0 fully saturated rings. The number of H-pyrrole nitrogens is 1. The number of aromatic nitrogens is 6. The summed E-state index contributed by atoms with van der Waals surface area (Å²) in [6.45, 7) is 2.87. The molecule has 35 heavy (non-hydrogen) atoms. The van der Waals surface area contributed by atoms with Gasteiger partial charge in [0.15, 0.2) is 0 Å². The van der Waals surface area contributed by atoms with Crippen molar-refractivity contribution in [2.75, 3.05) is 7.11 Å². The summed E-state index contributed by atoms with van der Waals surface area (Å²) in [4.78, 5) is 16.9. The third kappa shape index (κ3) is 4.55. The van der Waals surface area contributed by atoms with Gasteiger partial charge in [0.25, 0.3) is 0 Å². The van der Waals surface area contributed by atoms with Crippen LogP contribution in [0.5, 0.6) is 0 Å². The maximum atomic E-state index is 12.0. The van der Waals surface area contributed by atoms with Crippen molar-refractivity contribution in [3.05, 3.63) is 83.7 Å². The van der Waals surface area contributed by atoms with Crippen LogP contribution < -0.4 is 0 Å². The van der Waals surface area contributed by atoms with Crippen molar-refractivity contribution in [1.82, 2.24) is 30.2 Å². The van der Waals surface area contributed by atoms with E-state index in [-0.39, 0.29) is 5.97 Å². The molecule has 0 radical (unpaired) electrons.